The van der Waals surface area contributed by atoms with Crippen LogP contribution in [-0.4, -0.2) is 41.5 Å². The van der Waals surface area contributed by atoms with E-state index in [1.54, 1.807) is 20.2 Å². The first-order valence-electron chi connectivity index (χ1n) is 9.84. The van der Waals surface area contributed by atoms with Gasteiger partial charge < -0.3 is 9.64 Å². The Kier molecular flexibility index (Phi) is 8.18. The highest BCUT2D eigenvalue weighted by Crippen LogP contribution is 2.16. The molecule has 0 radical (unpaired) electrons. The number of pyridine rings is 1. The Bertz CT molecular complexity index is 757. The lowest BCUT2D eigenvalue weighted by Crippen LogP contribution is -2.44. The van der Waals surface area contributed by atoms with Gasteiger partial charge in [-0.25, -0.2) is 4.79 Å². The van der Waals surface area contributed by atoms with E-state index in [0.29, 0.717) is 18.6 Å². The highest BCUT2D eigenvalue weighted by Gasteiger charge is 2.29. The van der Waals surface area contributed by atoms with Gasteiger partial charge in [-0.05, 0) is 61.4 Å². The third-order valence-corrected chi connectivity index (χ3v) is 4.67. The lowest BCUT2D eigenvalue weighted by molar-refractivity contribution is -0.148. The van der Waals surface area contributed by atoms with E-state index in [1.807, 2.05) is 50.4 Å². The predicted molar refractivity (Wildman–Crippen MR) is 110 cm³/mol. The molecule has 0 saturated carbocycles. The van der Waals surface area contributed by atoms with Crippen LogP contribution in [0.4, 0.5) is 0 Å². The summed E-state index contributed by atoms with van der Waals surface area (Å²) in [6.07, 6.45) is 6.00. The molecule has 0 aliphatic carbocycles. The molecule has 0 aliphatic heterocycles. The maximum Gasteiger partial charge on any atom is 0.328 e. The van der Waals surface area contributed by atoms with Gasteiger partial charge in [0.2, 0.25) is 0 Å². The van der Waals surface area contributed by atoms with Gasteiger partial charge in [0.25, 0.3) is 5.91 Å². The number of benzene rings is 1. The minimum absolute atomic E-state index is 0.169. The normalized spacial score (nSPS) is 11.9. The highest BCUT2D eigenvalue weighted by atomic mass is 16.5. The van der Waals surface area contributed by atoms with E-state index in [4.69, 9.17) is 4.74 Å². The minimum atomic E-state index is -0.572. The number of likely N-dealkylation sites (N-methyl/N-ethyl adjacent to an activating group) is 1. The number of amides is 1. The molecule has 2 rings (SSSR count). The first-order chi connectivity index (χ1) is 13.4. The zero-order valence-electron chi connectivity index (χ0n) is 17.2. The van der Waals surface area contributed by atoms with Crippen LogP contribution in [0.25, 0.3) is 0 Å². The molecular weight excluding hydrogens is 352 g/mol. The van der Waals surface area contributed by atoms with Crippen molar-refractivity contribution in [2.45, 2.75) is 46.1 Å². The van der Waals surface area contributed by atoms with Gasteiger partial charge in [-0.1, -0.05) is 32.0 Å². The van der Waals surface area contributed by atoms with Crippen LogP contribution in [0.15, 0.2) is 48.8 Å². The molecule has 5 nitrogen and oxygen atoms in total. The number of carbonyl (C=O) groups excluding carboxylic acids is 2. The van der Waals surface area contributed by atoms with Crippen molar-refractivity contribution in [2.24, 2.45) is 5.92 Å². The SMILES string of the molecule is CCOC(=O)[C@H](CC(C)C)N(C)C(=O)c1ccc(CCc2cccnc2)cc1. The summed E-state index contributed by atoms with van der Waals surface area (Å²) in [4.78, 5) is 30.8. The molecule has 1 aromatic carbocycles. The van der Waals surface area contributed by atoms with E-state index in [2.05, 4.69) is 11.1 Å². The Labute approximate surface area is 167 Å². The van der Waals surface area contributed by atoms with Gasteiger partial charge in [0, 0.05) is 25.0 Å². The van der Waals surface area contributed by atoms with E-state index in [9.17, 15) is 9.59 Å². The molecule has 0 fully saturated rings. The molecule has 1 amide bonds. The van der Waals surface area contributed by atoms with Crippen molar-refractivity contribution in [1.29, 1.82) is 0 Å². The Balaban J connectivity index is 2.04. The van der Waals surface area contributed by atoms with Gasteiger partial charge >= 0.3 is 5.97 Å². The lowest BCUT2D eigenvalue weighted by atomic mass is 10.0. The standard InChI is InChI=1S/C23H30N2O3/c1-5-28-23(27)21(15-17(2)3)25(4)22(26)20-12-10-18(11-13-20)8-9-19-7-6-14-24-16-19/h6-7,10-14,16-17,21H,5,8-9,15H2,1-4H3/t21-/m0/s1. The van der Waals surface area contributed by atoms with Crippen LogP contribution in [-0.2, 0) is 22.4 Å². The molecule has 1 aromatic heterocycles. The Morgan fingerprint density at radius 2 is 1.75 bits per heavy atom. The van der Waals surface area contributed by atoms with E-state index in [-0.39, 0.29) is 17.8 Å². The second-order valence-corrected chi connectivity index (χ2v) is 7.37. The molecule has 150 valence electrons. The molecule has 1 heterocycles. The predicted octanol–water partition coefficient (Wildman–Crippen LogP) is 3.92. The van der Waals surface area contributed by atoms with E-state index in [1.165, 1.54) is 10.5 Å². The third-order valence-electron chi connectivity index (χ3n) is 4.67. The molecule has 0 bridgehead atoms. The van der Waals surface area contributed by atoms with E-state index in [0.717, 1.165) is 18.4 Å². The van der Waals surface area contributed by atoms with E-state index < -0.39 is 6.04 Å². The average molecular weight is 383 g/mol. The zero-order chi connectivity index (χ0) is 20.5. The number of aromatic nitrogens is 1. The van der Waals surface area contributed by atoms with Crippen LogP contribution in [0.2, 0.25) is 0 Å². The summed E-state index contributed by atoms with van der Waals surface area (Å²) in [5.41, 5.74) is 2.92. The monoisotopic (exact) mass is 382 g/mol. The molecule has 28 heavy (non-hydrogen) atoms. The van der Waals surface area contributed by atoms with Gasteiger partial charge in [-0.2, -0.15) is 0 Å². The smallest absolute Gasteiger partial charge is 0.328 e. The van der Waals surface area contributed by atoms with Gasteiger partial charge in [0.15, 0.2) is 0 Å². The molecule has 0 saturated heterocycles. The fourth-order valence-corrected chi connectivity index (χ4v) is 3.09. The van der Waals surface area contributed by atoms with Crippen molar-refractivity contribution in [3.8, 4) is 0 Å². The topological polar surface area (TPSA) is 59.5 Å². The van der Waals surface area contributed by atoms with Gasteiger partial charge in [-0.15, -0.1) is 0 Å². The number of aryl methyl sites for hydroxylation is 2. The van der Waals surface area contributed by atoms with Gasteiger partial charge in [0.1, 0.15) is 6.04 Å². The van der Waals surface area contributed by atoms with Crippen molar-refractivity contribution < 1.29 is 14.3 Å². The average Bonchev–Trinajstić information content (AvgIpc) is 2.70. The van der Waals surface area contributed by atoms with Crippen LogP contribution >= 0.6 is 0 Å². The van der Waals surface area contributed by atoms with Crippen molar-refractivity contribution >= 4 is 11.9 Å². The molecule has 2 aromatic rings. The Hall–Kier alpha value is -2.69. The number of carbonyl (C=O) groups is 2. The molecule has 0 N–H and O–H groups in total. The summed E-state index contributed by atoms with van der Waals surface area (Å²) in [5.74, 6) is -0.239. The third kappa shape index (κ3) is 6.19. The largest absolute Gasteiger partial charge is 0.464 e. The van der Waals surface area contributed by atoms with Crippen LogP contribution in [0.1, 0.15) is 48.7 Å². The van der Waals surface area contributed by atoms with Crippen molar-refractivity contribution in [2.75, 3.05) is 13.7 Å². The van der Waals surface area contributed by atoms with Gasteiger partial charge in [-0.3, -0.25) is 9.78 Å². The maximum absolute atomic E-state index is 12.9. The second kappa shape index (κ2) is 10.6. The zero-order valence-corrected chi connectivity index (χ0v) is 17.2. The molecule has 0 spiro atoms. The minimum Gasteiger partial charge on any atom is -0.464 e. The fraction of sp³-hybridized carbons (Fsp3) is 0.435. The lowest BCUT2D eigenvalue weighted by Gasteiger charge is -2.28. The molecule has 0 aliphatic rings. The summed E-state index contributed by atoms with van der Waals surface area (Å²) in [6.45, 7) is 6.14. The first kappa shape index (κ1) is 21.6. The molecule has 5 heteroatoms. The summed E-state index contributed by atoms with van der Waals surface area (Å²) in [5, 5.41) is 0. The number of hydrogen-bond acceptors (Lipinski definition) is 4. The summed E-state index contributed by atoms with van der Waals surface area (Å²) in [6, 6.07) is 11.0. The number of ether oxygens (including phenoxy) is 1. The maximum atomic E-state index is 12.9. The van der Waals surface area contributed by atoms with E-state index >= 15 is 0 Å². The number of rotatable bonds is 9. The van der Waals surface area contributed by atoms with Crippen molar-refractivity contribution in [3.63, 3.8) is 0 Å². The van der Waals surface area contributed by atoms with Crippen LogP contribution in [0, 0.1) is 5.92 Å². The number of hydrogen-bond donors (Lipinski definition) is 0. The molecular formula is C23H30N2O3. The van der Waals surface area contributed by atoms with Gasteiger partial charge in [0.05, 0.1) is 6.61 Å². The Morgan fingerprint density at radius 3 is 2.32 bits per heavy atom. The van der Waals surface area contributed by atoms with Crippen LogP contribution < -0.4 is 0 Å². The second-order valence-electron chi connectivity index (χ2n) is 7.37. The Morgan fingerprint density at radius 1 is 1.07 bits per heavy atom. The highest BCUT2D eigenvalue weighted by molar-refractivity contribution is 5.96. The molecule has 1 atom stereocenters. The van der Waals surface area contributed by atoms with Crippen LogP contribution in [0.5, 0.6) is 0 Å². The van der Waals surface area contributed by atoms with Crippen LogP contribution in [0.3, 0.4) is 0 Å². The van der Waals surface area contributed by atoms with Crippen molar-refractivity contribution in [3.05, 3.63) is 65.5 Å². The fourth-order valence-electron chi connectivity index (χ4n) is 3.09. The summed E-state index contributed by atoms with van der Waals surface area (Å²) < 4.78 is 5.17. The molecule has 0 unspecified atom stereocenters. The summed E-state index contributed by atoms with van der Waals surface area (Å²) in [7, 11) is 1.67. The number of nitrogens with zero attached hydrogens (tertiary/aromatic N) is 2. The first-order valence-corrected chi connectivity index (χ1v) is 9.84. The summed E-state index contributed by atoms with van der Waals surface area (Å²) >= 11 is 0. The quantitative estimate of drug-likeness (QED) is 0.617. The van der Waals surface area contributed by atoms with Crippen molar-refractivity contribution in [1.82, 2.24) is 9.88 Å². The number of esters is 1.